The van der Waals surface area contributed by atoms with E-state index in [1.165, 1.54) is 6.26 Å². The van der Waals surface area contributed by atoms with Gasteiger partial charge in [-0.3, -0.25) is 4.79 Å². The molecule has 1 heterocycles. The molecule has 0 unspecified atom stereocenters. The predicted octanol–water partition coefficient (Wildman–Crippen LogP) is -0.363. The van der Waals surface area contributed by atoms with Crippen LogP contribution in [0.2, 0.25) is 0 Å². The summed E-state index contributed by atoms with van der Waals surface area (Å²) in [4.78, 5) is 11.4. The van der Waals surface area contributed by atoms with E-state index in [0.29, 0.717) is 0 Å². The summed E-state index contributed by atoms with van der Waals surface area (Å²) in [5, 5.41) is 18.6. The fourth-order valence-corrected chi connectivity index (χ4v) is 2.14. The van der Waals surface area contributed by atoms with Crippen LogP contribution in [-0.4, -0.2) is 24.9 Å². The number of hydrogen-bond donors (Lipinski definition) is 2. The van der Waals surface area contributed by atoms with E-state index >= 15 is 0 Å². The molecule has 2 aromatic carbocycles. The Morgan fingerprint density at radius 2 is 1.40 bits per heavy atom. The third-order valence-electron chi connectivity index (χ3n) is 3.50. The van der Waals surface area contributed by atoms with Gasteiger partial charge in [0.25, 0.3) is 0 Å². The van der Waals surface area contributed by atoms with Gasteiger partial charge in [-0.05, 0) is 24.3 Å². The van der Waals surface area contributed by atoms with Gasteiger partial charge in [-0.25, -0.2) is 0 Å². The number of benzene rings is 2. The van der Waals surface area contributed by atoms with Gasteiger partial charge in [0, 0.05) is 17.2 Å². The Kier molecular flexibility index (Phi) is 5.08. The van der Waals surface area contributed by atoms with E-state index in [4.69, 9.17) is 9.44 Å². The summed E-state index contributed by atoms with van der Waals surface area (Å²) in [6.45, 7) is 0. The molecule has 4 nitrogen and oxygen atoms in total. The Morgan fingerprint density at radius 1 is 0.840 bits per heavy atom. The first-order chi connectivity index (χ1) is 12.2. The Bertz CT molecular complexity index is 981. The van der Waals surface area contributed by atoms with Gasteiger partial charge in [-0.1, -0.05) is 47.0 Å². The van der Waals surface area contributed by atoms with E-state index in [2.05, 4.69) is 11.8 Å². The standard InChI is InChI=1S/C19H12B2O4/c22-17-11-12-25-19(18(17)23)20-15-7-3-13(4-8-15)1-2-14-5-9-16(21-24)10-6-14/h3-12,23-24H. The molecule has 0 atom stereocenters. The van der Waals surface area contributed by atoms with Gasteiger partial charge < -0.3 is 14.5 Å². The van der Waals surface area contributed by atoms with E-state index in [9.17, 15) is 9.90 Å². The monoisotopic (exact) mass is 326 g/mol. The highest BCUT2D eigenvalue weighted by Crippen LogP contribution is 1.99. The van der Waals surface area contributed by atoms with Crippen molar-refractivity contribution in [2.75, 3.05) is 0 Å². The quantitative estimate of drug-likeness (QED) is 0.509. The first kappa shape index (κ1) is 16.7. The average Bonchev–Trinajstić information content (AvgIpc) is 2.65. The zero-order valence-corrected chi connectivity index (χ0v) is 13.1. The van der Waals surface area contributed by atoms with Crippen LogP contribution in [0.5, 0.6) is 5.75 Å². The third-order valence-corrected chi connectivity index (χ3v) is 3.50. The highest BCUT2D eigenvalue weighted by molar-refractivity contribution is 6.66. The summed E-state index contributed by atoms with van der Waals surface area (Å²) in [5.74, 6) is 5.69. The highest BCUT2D eigenvalue weighted by atomic mass is 16.3. The Morgan fingerprint density at radius 3 is 1.96 bits per heavy atom. The maximum absolute atomic E-state index is 11.4. The lowest BCUT2D eigenvalue weighted by atomic mass is 9.67. The lowest BCUT2D eigenvalue weighted by Crippen LogP contribution is -2.29. The lowest BCUT2D eigenvalue weighted by molar-refractivity contribution is 0.447. The molecule has 1 aromatic heterocycles. The molecule has 6 heteroatoms. The summed E-state index contributed by atoms with van der Waals surface area (Å²) in [6, 6.07) is 15.7. The van der Waals surface area contributed by atoms with Crippen LogP contribution >= 0.6 is 0 Å². The summed E-state index contributed by atoms with van der Waals surface area (Å²) >= 11 is 0. The second-order valence-corrected chi connectivity index (χ2v) is 5.27. The van der Waals surface area contributed by atoms with Crippen LogP contribution in [0, 0.1) is 11.8 Å². The summed E-state index contributed by atoms with van der Waals surface area (Å²) in [6.07, 6.45) is 1.24. The van der Waals surface area contributed by atoms with Crippen LogP contribution < -0.4 is 22.0 Å². The highest BCUT2D eigenvalue weighted by Gasteiger charge is 2.09. The zero-order chi connectivity index (χ0) is 17.6. The van der Waals surface area contributed by atoms with Crippen molar-refractivity contribution in [3.8, 4) is 17.6 Å². The normalized spacial score (nSPS) is 9.80. The van der Waals surface area contributed by atoms with Crippen LogP contribution in [-0.2, 0) is 0 Å². The van der Waals surface area contributed by atoms with Crippen molar-refractivity contribution in [3.05, 3.63) is 82.2 Å². The van der Waals surface area contributed by atoms with Crippen molar-refractivity contribution in [3.63, 3.8) is 0 Å². The molecule has 0 spiro atoms. The molecule has 0 aliphatic carbocycles. The van der Waals surface area contributed by atoms with Crippen molar-refractivity contribution < 1.29 is 14.5 Å². The van der Waals surface area contributed by atoms with Crippen LogP contribution in [0.4, 0.5) is 0 Å². The van der Waals surface area contributed by atoms with Crippen molar-refractivity contribution in [2.45, 2.75) is 0 Å². The smallest absolute Gasteiger partial charge is 0.326 e. The number of hydrogen-bond acceptors (Lipinski definition) is 4. The largest absolute Gasteiger partial charge is 0.502 e. The second kappa shape index (κ2) is 7.61. The summed E-state index contributed by atoms with van der Waals surface area (Å²) in [5.41, 5.74) is 2.81. The van der Waals surface area contributed by atoms with Crippen LogP contribution in [0.15, 0.2) is 70.1 Å². The molecule has 0 amide bonds. The maximum atomic E-state index is 11.4. The first-order valence-electron chi connectivity index (χ1n) is 7.51. The SMILES string of the molecule is O=c1ccoc([B]c2ccc(C#Cc3ccc([B]O)cc3)cc2)c1O. The average molecular weight is 326 g/mol. The molecule has 118 valence electrons. The molecule has 2 N–H and O–H groups in total. The van der Waals surface area contributed by atoms with E-state index in [1.54, 1.807) is 19.4 Å². The minimum absolute atomic E-state index is 0.118. The predicted molar refractivity (Wildman–Crippen MR) is 98.1 cm³/mol. The van der Waals surface area contributed by atoms with Crippen molar-refractivity contribution in [1.29, 1.82) is 0 Å². The van der Waals surface area contributed by atoms with Gasteiger partial charge in [-0.2, -0.15) is 0 Å². The van der Waals surface area contributed by atoms with Crippen LogP contribution in [0.1, 0.15) is 11.1 Å². The molecule has 2 radical (unpaired) electrons. The first-order valence-corrected chi connectivity index (χ1v) is 7.51. The van der Waals surface area contributed by atoms with Gasteiger partial charge in [0.05, 0.1) is 6.26 Å². The Hall–Kier alpha value is -3.16. The van der Waals surface area contributed by atoms with Crippen molar-refractivity contribution in [1.82, 2.24) is 0 Å². The van der Waals surface area contributed by atoms with Gasteiger partial charge in [-0.15, -0.1) is 0 Å². The van der Waals surface area contributed by atoms with Crippen molar-refractivity contribution >= 4 is 31.3 Å². The summed E-state index contributed by atoms with van der Waals surface area (Å²) in [7, 11) is 2.62. The third kappa shape index (κ3) is 4.23. The summed E-state index contributed by atoms with van der Waals surface area (Å²) < 4.78 is 5.14. The van der Waals surface area contributed by atoms with Gasteiger partial charge >= 0.3 is 7.48 Å². The lowest BCUT2D eigenvalue weighted by Gasteiger charge is -2.01. The Balaban J connectivity index is 1.73. The zero-order valence-electron chi connectivity index (χ0n) is 13.1. The van der Waals surface area contributed by atoms with E-state index in [-0.39, 0.29) is 5.66 Å². The molecule has 0 aliphatic heterocycles. The molecule has 3 rings (SSSR count). The molecule has 0 fully saturated rings. The van der Waals surface area contributed by atoms with Crippen LogP contribution in [0.3, 0.4) is 0 Å². The molecular weight excluding hydrogens is 314 g/mol. The number of rotatable bonds is 3. The second-order valence-electron chi connectivity index (χ2n) is 5.27. The molecule has 3 aromatic rings. The molecule has 0 saturated heterocycles. The van der Waals surface area contributed by atoms with Gasteiger partial charge in [0.1, 0.15) is 5.66 Å². The molecule has 0 bridgehead atoms. The van der Waals surface area contributed by atoms with E-state index in [1.807, 2.05) is 36.4 Å². The molecule has 25 heavy (non-hydrogen) atoms. The van der Waals surface area contributed by atoms with E-state index in [0.717, 1.165) is 35.6 Å². The fourth-order valence-electron chi connectivity index (χ4n) is 2.14. The fraction of sp³-hybridized carbons (Fsp3) is 0. The Labute approximate surface area is 146 Å². The molecule has 0 saturated carbocycles. The topological polar surface area (TPSA) is 70.7 Å². The van der Waals surface area contributed by atoms with E-state index < -0.39 is 11.2 Å². The molecular formula is C19H12B2O4. The molecule has 0 aliphatic rings. The van der Waals surface area contributed by atoms with Gasteiger partial charge in [0.2, 0.25) is 12.7 Å². The minimum atomic E-state index is -0.482. The van der Waals surface area contributed by atoms with Gasteiger partial charge in [0.15, 0.2) is 5.75 Å². The van der Waals surface area contributed by atoms with Crippen molar-refractivity contribution in [2.24, 2.45) is 0 Å². The number of aromatic hydroxyl groups is 1. The minimum Gasteiger partial charge on any atom is -0.502 e. The van der Waals surface area contributed by atoms with Crippen LogP contribution in [0.25, 0.3) is 0 Å². The maximum Gasteiger partial charge on any atom is 0.326 e.